The Balaban J connectivity index is 2.57. The van der Waals surface area contributed by atoms with Gasteiger partial charge in [-0.25, -0.2) is 0 Å². The maximum Gasteiger partial charge on any atom is 0.161 e. The van der Waals surface area contributed by atoms with Gasteiger partial charge >= 0.3 is 0 Å². The molecular formula is C15H11NO3. The minimum absolute atomic E-state index is 0.0348. The van der Waals surface area contributed by atoms with Crippen molar-refractivity contribution >= 4 is 6.29 Å². The summed E-state index contributed by atoms with van der Waals surface area (Å²) in [6, 6.07) is 11.8. The Morgan fingerprint density at radius 2 is 1.95 bits per heavy atom. The Kier molecular flexibility index (Phi) is 3.48. The quantitative estimate of drug-likeness (QED) is 0.854. The monoisotopic (exact) mass is 253 g/mol. The highest BCUT2D eigenvalue weighted by molar-refractivity contribution is 5.89. The summed E-state index contributed by atoms with van der Waals surface area (Å²) in [5.74, 6) is 0.215. The lowest BCUT2D eigenvalue weighted by molar-refractivity contribution is 0.112. The van der Waals surface area contributed by atoms with E-state index in [-0.39, 0.29) is 11.5 Å². The van der Waals surface area contributed by atoms with Gasteiger partial charge in [-0.15, -0.1) is 0 Å². The van der Waals surface area contributed by atoms with E-state index in [0.717, 1.165) is 5.56 Å². The van der Waals surface area contributed by atoms with Gasteiger partial charge < -0.3 is 9.84 Å². The molecule has 0 spiro atoms. The highest BCUT2D eigenvalue weighted by atomic mass is 16.5. The summed E-state index contributed by atoms with van der Waals surface area (Å²) in [5, 5.41) is 18.5. The van der Waals surface area contributed by atoms with Crippen molar-refractivity contribution in [1.82, 2.24) is 0 Å². The topological polar surface area (TPSA) is 70.3 Å². The number of carbonyl (C=O) groups is 1. The van der Waals surface area contributed by atoms with Crippen LogP contribution in [0.15, 0.2) is 36.4 Å². The lowest BCUT2D eigenvalue weighted by atomic mass is 9.98. The van der Waals surface area contributed by atoms with Crippen LogP contribution in [-0.2, 0) is 0 Å². The van der Waals surface area contributed by atoms with Crippen molar-refractivity contribution in [2.45, 2.75) is 0 Å². The number of hydrogen-bond acceptors (Lipinski definition) is 4. The third-order valence-corrected chi connectivity index (χ3v) is 2.80. The van der Waals surface area contributed by atoms with Gasteiger partial charge in [0.25, 0.3) is 0 Å². The van der Waals surface area contributed by atoms with Gasteiger partial charge in [-0.3, -0.25) is 4.79 Å². The molecule has 0 fully saturated rings. The van der Waals surface area contributed by atoms with E-state index in [0.29, 0.717) is 23.0 Å². The van der Waals surface area contributed by atoms with E-state index in [1.807, 2.05) is 6.07 Å². The van der Waals surface area contributed by atoms with Crippen molar-refractivity contribution in [3.63, 3.8) is 0 Å². The van der Waals surface area contributed by atoms with Crippen LogP contribution in [0.2, 0.25) is 0 Å². The number of ether oxygens (including phenoxy) is 1. The zero-order valence-electron chi connectivity index (χ0n) is 10.3. The molecule has 0 atom stereocenters. The Bertz CT molecular complexity index is 654. The van der Waals surface area contributed by atoms with Gasteiger partial charge in [0.1, 0.15) is 0 Å². The number of nitriles is 1. The van der Waals surface area contributed by atoms with Gasteiger partial charge in [0, 0.05) is 5.56 Å². The summed E-state index contributed by atoms with van der Waals surface area (Å²) in [6.45, 7) is 0. The van der Waals surface area contributed by atoms with E-state index in [1.165, 1.54) is 19.2 Å². The fourth-order valence-corrected chi connectivity index (χ4v) is 1.82. The van der Waals surface area contributed by atoms with Crippen molar-refractivity contribution in [1.29, 1.82) is 5.26 Å². The van der Waals surface area contributed by atoms with Crippen LogP contribution < -0.4 is 4.74 Å². The van der Waals surface area contributed by atoms with E-state index < -0.39 is 0 Å². The fraction of sp³-hybridized carbons (Fsp3) is 0.0667. The molecule has 2 rings (SSSR count). The standard InChI is InChI=1S/C15H11NO3/c1-19-15-6-12(9-17)13(7-14(15)18)11-4-2-10(8-16)3-5-11/h2-7,9,18H,1H3. The molecule has 94 valence electrons. The van der Waals surface area contributed by atoms with Crippen LogP contribution in [0.25, 0.3) is 11.1 Å². The summed E-state index contributed by atoms with van der Waals surface area (Å²) in [4.78, 5) is 11.1. The second kappa shape index (κ2) is 5.23. The van der Waals surface area contributed by atoms with E-state index in [4.69, 9.17) is 10.00 Å². The summed E-state index contributed by atoms with van der Waals surface area (Å²) < 4.78 is 4.96. The van der Waals surface area contributed by atoms with Gasteiger partial charge in [-0.1, -0.05) is 12.1 Å². The van der Waals surface area contributed by atoms with Gasteiger partial charge in [-0.2, -0.15) is 5.26 Å². The van der Waals surface area contributed by atoms with Crippen LogP contribution in [0.5, 0.6) is 11.5 Å². The number of methoxy groups -OCH3 is 1. The minimum atomic E-state index is -0.0348. The molecule has 4 heteroatoms. The average Bonchev–Trinajstić information content (AvgIpc) is 2.47. The molecule has 0 saturated heterocycles. The van der Waals surface area contributed by atoms with Crippen molar-refractivity contribution in [3.05, 3.63) is 47.5 Å². The maximum atomic E-state index is 11.1. The van der Waals surface area contributed by atoms with Crippen molar-refractivity contribution in [3.8, 4) is 28.7 Å². The van der Waals surface area contributed by atoms with Gasteiger partial charge in [0.05, 0.1) is 18.7 Å². The largest absolute Gasteiger partial charge is 0.504 e. The summed E-state index contributed by atoms with van der Waals surface area (Å²) in [6.07, 6.45) is 0.704. The van der Waals surface area contributed by atoms with Crippen molar-refractivity contribution < 1.29 is 14.6 Å². The molecule has 19 heavy (non-hydrogen) atoms. The molecule has 1 N–H and O–H groups in total. The molecule has 0 aliphatic heterocycles. The molecule has 0 amide bonds. The lowest BCUT2D eigenvalue weighted by Crippen LogP contribution is -1.91. The first kappa shape index (κ1) is 12.7. The van der Waals surface area contributed by atoms with Crippen LogP contribution in [0.4, 0.5) is 0 Å². The molecule has 4 nitrogen and oxygen atoms in total. The van der Waals surface area contributed by atoms with Crippen LogP contribution in [0, 0.1) is 11.3 Å². The maximum absolute atomic E-state index is 11.1. The molecule has 0 aromatic heterocycles. The molecule has 2 aromatic rings. The smallest absolute Gasteiger partial charge is 0.161 e. The van der Waals surface area contributed by atoms with E-state index in [1.54, 1.807) is 24.3 Å². The molecule has 0 heterocycles. The number of phenols is 1. The number of hydrogen-bond donors (Lipinski definition) is 1. The molecular weight excluding hydrogens is 242 g/mol. The normalized spacial score (nSPS) is 9.68. The highest BCUT2D eigenvalue weighted by Gasteiger charge is 2.11. The summed E-state index contributed by atoms with van der Waals surface area (Å²) in [7, 11) is 1.42. The molecule has 0 aliphatic carbocycles. The summed E-state index contributed by atoms with van der Waals surface area (Å²) >= 11 is 0. The molecule has 2 aromatic carbocycles. The molecule has 0 saturated carbocycles. The summed E-state index contributed by atoms with van der Waals surface area (Å²) in [5.41, 5.74) is 2.30. The zero-order chi connectivity index (χ0) is 13.8. The third-order valence-electron chi connectivity index (χ3n) is 2.80. The number of carbonyl (C=O) groups excluding carboxylic acids is 1. The highest BCUT2D eigenvalue weighted by Crippen LogP contribution is 2.34. The Morgan fingerprint density at radius 3 is 2.47 bits per heavy atom. The van der Waals surface area contributed by atoms with E-state index >= 15 is 0 Å². The number of nitrogens with zero attached hydrogens (tertiary/aromatic N) is 1. The number of aldehydes is 1. The van der Waals surface area contributed by atoms with Gasteiger partial charge in [0.15, 0.2) is 17.8 Å². The predicted octanol–water partition coefficient (Wildman–Crippen LogP) is 2.75. The first-order valence-corrected chi connectivity index (χ1v) is 5.56. The van der Waals surface area contributed by atoms with Crippen molar-refractivity contribution in [2.24, 2.45) is 0 Å². The van der Waals surface area contributed by atoms with Crippen molar-refractivity contribution in [2.75, 3.05) is 7.11 Å². The molecule has 0 unspecified atom stereocenters. The van der Waals surface area contributed by atoms with Gasteiger partial charge in [-0.05, 0) is 35.4 Å². The van der Waals surface area contributed by atoms with Crippen LogP contribution >= 0.6 is 0 Å². The van der Waals surface area contributed by atoms with Crippen LogP contribution in [0.1, 0.15) is 15.9 Å². The lowest BCUT2D eigenvalue weighted by Gasteiger charge is -2.09. The number of aromatic hydroxyl groups is 1. The predicted molar refractivity (Wildman–Crippen MR) is 70.2 cm³/mol. The molecule has 0 aliphatic rings. The molecule has 0 bridgehead atoms. The first-order chi connectivity index (χ1) is 9.19. The number of rotatable bonds is 3. The Labute approximate surface area is 110 Å². The van der Waals surface area contributed by atoms with E-state index in [9.17, 15) is 9.90 Å². The van der Waals surface area contributed by atoms with Gasteiger partial charge in [0.2, 0.25) is 0 Å². The SMILES string of the molecule is COc1cc(C=O)c(-c2ccc(C#N)cc2)cc1O. The third kappa shape index (κ3) is 2.40. The van der Waals surface area contributed by atoms with Crippen LogP contribution in [-0.4, -0.2) is 18.5 Å². The second-order valence-electron chi connectivity index (χ2n) is 3.92. The molecule has 0 radical (unpaired) electrons. The Morgan fingerprint density at radius 1 is 1.26 bits per heavy atom. The number of benzene rings is 2. The van der Waals surface area contributed by atoms with Crippen LogP contribution in [0.3, 0.4) is 0 Å². The van der Waals surface area contributed by atoms with E-state index in [2.05, 4.69) is 0 Å². The first-order valence-electron chi connectivity index (χ1n) is 5.56. The second-order valence-corrected chi connectivity index (χ2v) is 3.92. The Hall–Kier alpha value is -2.80. The average molecular weight is 253 g/mol. The zero-order valence-corrected chi connectivity index (χ0v) is 10.3. The number of phenolic OH excluding ortho intramolecular Hbond substituents is 1. The fourth-order valence-electron chi connectivity index (χ4n) is 1.82. The minimum Gasteiger partial charge on any atom is -0.504 e.